The molecule has 1 aliphatic heterocycles. The van der Waals surface area contributed by atoms with Crippen LogP contribution in [0.3, 0.4) is 0 Å². The van der Waals surface area contributed by atoms with Crippen molar-refractivity contribution < 1.29 is 52.5 Å². The minimum atomic E-state index is -0.773. The number of ether oxygens (including phenoxy) is 4. The summed E-state index contributed by atoms with van der Waals surface area (Å²) >= 11 is 0. The van der Waals surface area contributed by atoms with Crippen molar-refractivity contribution in [2.75, 3.05) is 33.9 Å². The van der Waals surface area contributed by atoms with Crippen molar-refractivity contribution in [1.29, 1.82) is 0 Å². The number of ketones is 2. The summed E-state index contributed by atoms with van der Waals surface area (Å²) in [6.07, 6.45) is 15.1. The van der Waals surface area contributed by atoms with Crippen molar-refractivity contribution >= 4 is 41.5 Å². The Bertz CT molecular complexity index is 1710. The number of nitrogens with one attached hydrogen (secondary N) is 4. The van der Waals surface area contributed by atoms with Gasteiger partial charge in [0.05, 0.1) is 32.8 Å². The number of Topliss-reactive ketones (excluding diaryl/α,β-unsaturated/α-hetero) is 2. The van der Waals surface area contributed by atoms with Crippen molar-refractivity contribution in [2.24, 2.45) is 11.8 Å². The van der Waals surface area contributed by atoms with Crippen LogP contribution in [0.2, 0.25) is 0 Å². The molecule has 0 aromatic rings. The van der Waals surface area contributed by atoms with Gasteiger partial charge in [-0.15, -0.1) is 0 Å². The van der Waals surface area contributed by atoms with Gasteiger partial charge in [0, 0.05) is 30.3 Å². The predicted molar refractivity (Wildman–Crippen MR) is 254 cm³/mol. The van der Waals surface area contributed by atoms with E-state index in [1.54, 1.807) is 45.6 Å². The zero-order valence-electron chi connectivity index (χ0n) is 42.0. The first-order valence-electron chi connectivity index (χ1n) is 24.3. The van der Waals surface area contributed by atoms with E-state index in [4.69, 9.17) is 18.9 Å². The summed E-state index contributed by atoms with van der Waals surface area (Å²) in [7, 11) is 2.72. The molecular formula is C50H83N5O11. The zero-order chi connectivity index (χ0) is 49.4. The van der Waals surface area contributed by atoms with Gasteiger partial charge in [0.2, 0.25) is 40.8 Å². The van der Waals surface area contributed by atoms with Crippen LogP contribution in [0.25, 0.3) is 0 Å². The van der Waals surface area contributed by atoms with Gasteiger partial charge in [0.25, 0.3) is 0 Å². The summed E-state index contributed by atoms with van der Waals surface area (Å²) in [5, 5.41) is 11.5. The van der Waals surface area contributed by atoms with Crippen molar-refractivity contribution in [2.45, 2.75) is 195 Å². The lowest BCUT2D eigenvalue weighted by atomic mass is 9.89. The summed E-state index contributed by atoms with van der Waals surface area (Å²) in [6.45, 7) is 17.9. The number of carbonyl (C=O) groups is 7. The summed E-state index contributed by atoms with van der Waals surface area (Å²) in [5.41, 5.74) is 0.290. The van der Waals surface area contributed by atoms with Crippen LogP contribution in [0.4, 0.5) is 9.59 Å². The third-order valence-electron chi connectivity index (χ3n) is 11.4. The molecule has 2 aliphatic rings. The monoisotopic (exact) mass is 930 g/mol. The van der Waals surface area contributed by atoms with Gasteiger partial charge >= 0.3 is 12.2 Å². The molecule has 66 heavy (non-hydrogen) atoms. The normalized spacial score (nSPS) is 17.0. The molecule has 0 saturated carbocycles. The van der Waals surface area contributed by atoms with Crippen molar-refractivity contribution in [3.8, 4) is 0 Å². The molecule has 1 fully saturated rings. The van der Waals surface area contributed by atoms with E-state index in [-0.39, 0.29) is 58.8 Å². The van der Waals surface area contributed by atoms with Gasteiger partial charge in [-0.25, -0.2) is 9.59 Å². The number of allylic oxidation sites excluding steroid dienone is 2. The highest BCUT2D eigenvalue weighted by molar-refractivity contribution is 6.23. The molecule has 374 valence electrons. The van der Waals surface area contributed by atoms with Gasteiger partial charge < -0.3 is 45.1 Å². The maximum absolute atomic E-state index is 13.7. The van der Waals surface area contributed by atoms with Crippen LogP contribution in [0.15, 0.2) is 34.8 Å². The number of alkyl carbamates (subject to hydrolysis) is 2. The fourth-order valence-electron chi connectivity index (χ4n) is 8.04. The number of rotatable bonds is 29. The molecule has 0 spiro atoms. The maximum atomic E-state index is 13.7. The predicted octanol–water partition coefficient (Wildman–Crippen LogP) is 7.89. The summed E-state index contributed by atoms with van der Waals surface area (Å²) < 4.78 is 21.0. The summed E-state index contributed by atoms with van der Waals surface area (Å²) in [5.74, 6) is -1.72. The largest absolute Gasteiger partial charge is 0.489 e. The van der Waals surface area contributed by atoms with Crippen molar-refractivity contribution in [3.05, 3.63) is 34.8 Å². The minimum Gasteiger partial charge on any atom is -0.489 e. The first-order valence-corrected chi connectivity index (χ1v) is 24.3. The Morgan fingerprint density at radius 3 is 1.97 bits per heavy atom. The zero-order valence-corrected chi connectivity index (χ0v) is 42.0. The molecule has 4 atom stereocenters. The van der Waals surface area contributed by atoms with Crippen LogP contribution >= 0.6 is 0 Å². The molecule has 16 nitrogen and oxygen atoms in total. The second kappa shape index (κ2) is 29.7. The number of unbranched alkanes of at least 4 members (excludes halogenated alkanes) is 9. The average Bonchev–Trinajstić information content (AvgIpc) is 3.73. The molecule has 0 radical (unpaired) electrons. The van der Waals surface area contributed by atoms with Crippen LogP contribution < -0.4 is 21.3 Å². The lowest BCUT2D eigenvalue weighted by molar-refractivity contribution is -0.141. The van der Waals surface area contributed by atoms with E-state index in [2.05, 4.69) is 35.1 Å². The standard InChI is InChI=1S/C50H83N5O11/c1-33(2)32-37(53-49(62)66-50(7,8)9)28-27-35(5)47(60)55-30-23-26-40(55)46(59)54-39(45(58)52-34(3)4)25-20-18-21-29-51-48(61)65-31-22-17-15-13-12-14-16-19-24-38-36(6)41(56)43(63-10)44(64-11)42(38)57/h27-28,33-35,37,39-40H,12-26,29-32H2,1-11H3,(H,51,61)(H,52,58)(H,53,62)(H,54,59)/b28-27+/t35-,37+,39-,40-/m0/s1. The average molecular weight is 930 g/mol. The van der Waals surface area contributed by atoms with Crippen LogP contribution in [0.1, 0.15) is 165 Å². The molecule has 0 aromatic carbocycles. The molecule has 1 heterocycles. The summed E-state index contributed by atoms with van der Waals surface area (Å²) in [6, 6.07) is -1.92. The highest BCUT2D eigenvalue weighted by atomic mass is 16.6. The Morgan fingerprint density at radius 2 is 1.36 bits per heavy atom. The Kier molecular flexibility index (Phi) is 25.7. The lowest BCUT2D eigenvalue weighted by Crippen LogP contribution is -2.54. The van der Waals surface area contributed by atoms with E-state index >= 15 is 0 Å². The number of amides is 5. The fourth-order valence-corrected chi connectivity index (χ4v) is 8.04. The van der Waals surface area contributed by atoms with Gasteiger partial charge in [0.1, 0.15) is 17.7 Å². The van der Waals surface area contributed by atoms with Crippen molar-refractivity contribution in [1.82, 2.24) is 26.2 Å². The molecule has 16 heteroatoms. The number of nitrogens with zero attached hydrogens (tertiary/aromatic N) is 1. The molecule has 0 unspecified atom stereocenters. The van der Waals surface area contributed by atoms with E-state index < -0.39 is 35.8 Å². The first-order chi connectivity index (χ1) is 31.2. The van der Waals surface area contributed by atoms with Gasteiger partial charge in [0.15, 0.2) is 0 Å². The number of likely N-dealkylation sites (tertiary alicyclic amines) is 1. The molecule has 0 aromatic heterocycles. The molecule has 2 rings (SSSR count). The minimum absolute atomic E-state index is 0.0232. The third-order valence-corrected chi connectivity index (χ3v) is 11.4. The number of hydrogen-bond acceptors (Lipinski definition) is 11. The smallest absolute Gasteiger partial charge is 0.408 e. The second-order valence-corrected chi connectivity index (χ2v) is 19.3. The van der Waals surface area contributed by atoms with Gasteiger partial charge in [-0.05, 0) is 98.8 Å². The van der Waals surface area contributed by atoms with Crippen LogP contribution in [-0.4, -0.2) is 110 Å². The molecule has 4 N–H and O–H groups in total. The maximum Gasteiger partial charge on any atom is 0.408 e. The lowest BCUT2D eigenvalue weighted by Gasteiger charge is -2.28. The molecule has 0 bridgehead atoms. The van der Waals surface area contributed by atoms with E-state index in [0.717, 1.165) is 57.8 Å². The quantitative estimate of drug-likeness (QED) is 0.0322. The van der Waals surface area contributed by atoms with Gasteiger partial charge in [-0.2, -0.15) is 0 Å². The third kappa shape index (κ3) is 20.7. The highest BCUT2D eigenvalue weighted by Gasteiger charge is 2.37. The van der Waals surface area contributed by atoms with E-state index in [9.17, 15) is 33.6 Å². The summed E-state index contributed by atoms with van der Waals surface area (Å²) in [4.78, 5) is 92.2. The molecule has 1 saturated heterocycles. The second-order valence-electron chi connectivity index (χ2n) is 19.3. The molecule has 5 amide bonds. The first kappa shape index (κ1) is 57.2. The van der Waals surface area contributed by atoms with Crippen LogP contribution in [0, 0.1) is 11.8 Å². The Balaban J connectivity index is 1.69. The van der Waals surface area contributed by atoms with E-state index in [1.807, 2.05) is 19.9 Å². The van der Waals surface area contributed by atoms with Crippen LogP contribution in [-0.2, 0) is 42.9 Å². The SMILES string of the molecule is COC1=C(OC)C(=O)C(CCCCCCCCCCOC(=O)NCCCCC[C@H](NC(=O)[C@@H]2CCCN2C(=O)[C@@H](C)/C=C/[C@H](CC(C)C)NC(=O)OC(C)(C)C)C(=O)NC(C)C)=C(C)C1=O. The Labute approximate surface area is 394 Å². The Morgan fingerprint density at radius 1 is 0.758 bits per heavy atom. The fraction of sp³-hybridized carbons (Fsp3) is 0.740. The van der Waals surface area contributed by atoms with Gasteiger partial charge in [-0.3, -0.25) is 24.0 Å². The van der Waals surface area contributed by atoms with Crippen LogP contribution in [0.5, 0.6) is 0 Å². The van der Waals surface area contributed by atoms with Gasteiger partial charge in [-0.1, -0.05) is 84.3 Å². The number of methoxy groups -OCH3 is 2. The highest BCUT2D eigenvalue weighted by Crippen LogP contribution is 2.29. The number of hydrogen-bond donors (Lipinski definition) is 4. The number of carbonyl (C=O) groups excluding carboxylic acids is 7. The molecular weight excluding hydrogens is 847 g/mol. The Hall–Kier alpha value is -4.89. The van der Waals surface area contributed by atoms with E-state index in [0.29, 0.717) is 75.8 Å². The van der Waals surface area contributed by atoms with Crippen molar-refractivity contribution in [3.63, 3.8) is 0 Å². The molecule has 1 aliphatic carbocycles. The van der Waals surface area contributed by atoms with E-state index in [1.165, 1.54) is 14.2 Å². The topological polar surface area (TPSA) is 208 Å².